The average molecular weight is 338 g/mol. The van der Waals surface area contributed by atoms with Crippen molar-refractivity contribution >= 4 is 32.7 Å². The Morgan fingerprint density at radius 1 is 1.30 bits per heavy atom. The molecule has 1 aromatic heterocycles. The first-order chi connectivity index (χ1) is 9.56. The van der Waals surface area contributed by atoms with Crippen LogP contribution in [0.5, 0.6) is 5.75 Å². The number of H-pyrrole nitrogens is 1. The van der Waals surface area contributed by atoms with Gasteiger partial charge in [-0.25, -0.2) is 0 Å². The summed E-state index contributed by atoms with van der Waals surface area (Å²) < 4.78 is 0.860. The fraction of sp³-hybridized carbons (Fsp3) is 0.357. The molecule has 3 rings (SSSR count). The number of aromatic hydroxyl groups is 1. The minimum Gasteiger partial charge on any atom is -0.506 e. The molecule has 2 N–H and O–H groups in total. The van der Waals surface area contributed by atoms with Crippen molar-refractivity contribution in [2.45, 2.75) is 0 Å². The van der Waals surface area contributed by atoms with Crippen LogP contribution in [0.4, 0.5) is 0 Å². The number of rotatable bonds is 1. The van der Waals surface area contributed by atoms with Crippen LogP contribution in [0.2, 0.25) is 0 Å². The third kappa shape index (κ3) is 2.29. The molecule has 0 radical (unpaired) electrons. The molecule has 2 aromatic rings. The van der Waals surface area contributed by atoms with Gasteiger partial charge in [-0.2, -0.15) is 0 Å². The lowest BCUT2D eigenvalue weighted by molar-refractivity contribution is 0.0659. The van der Waals surface area contributed by atoms with E-state index in [0.717, 1.165) is 36.0 Å². The lowest BCUT2D eigenvalue weighted by Gasteiger charge is -2.32. The number of hydrogen-bond donors (Lipinski definition) is 2. The number of hydrogen-bond acceptors (Lipinski definition) is 3. The zero-order valence-corrected chi connectivity index (χ0v) is 12.8. The lowest BCUT2D eigenvalue weighted by Crippen LogP contribution is -2.47. The molecule has 1 fully saturated rings. The molecule has 0 aliphatic carbocycles. The first-order valence-electron chi connectivity index (χ1n) is 6.54. The molecule has 20 heavy (non-hydrogen) atoms. The topological polar surface area (TPSA) is 59.6 Å². The van der Waals surface area contributed by atoms with Gasteiger partial charge in [0.1, 0.15) is 11.4 Å². The number of aromatic nitrogens is 1. The van der Waals surface area contributed by atoms with E-state index in [1.165, 1.54) is 0 Å². The number of amides is 1. The van der Waals surface area contributed by atoms with E-state index >= 15 is 0 Å². The monoisotopic (exact) mass is 337 g/mol. The second-order valence-electron chi connectivity index (χ2n) is 5.13. The molecule has 0 atom stereocenters. The van der Waals surface area contributed by atoms with Crippen molar-refractivity contribution in [3.63, 3.8) is 0 Å². The summed E-state index contributed by atoms with van der Waals surface area (Å²) in [7, 11) is 2.06. The molecular weight excluding hydrogens is 322 g/mol. The fourth-order valence-corrected chi connectivity index (χ4v) is 2.91. The van der Waals surface area contributed by atoms with Crippen LogP contribution in [0.15, 0.2) is 22.7 Å². The van der Waals surface area contributed by atoms with Crippen LogP contribution in [-0.2, 0) is 0 Å². The van der Waals surface area contributed by atoms with Gasteiger partial charge in [0.15, 0.2) is 0 Å². The highest BCUT2D eigenvalue weighted by molar-refractivity contribution is 9.10. The number of halogens is 1. The van der Waals surface area contributed by atoms with E-state index in [-0.39, 0.29) is 11.7 Å². The summed E-state index contributed by atoms with van der Waals surface area (Å²) in [5.74, 6) is 0.140. The van der Waals surface area contributed by atoms with Crippen LogP contribution >= 0.6 is 15.9 Å². The van der Waals surface area contributed by atoms with Crippen molar-refractivity contribution in [1.29, 1.82) is 0 Å². The third-order valence-electron chi connectivity index (χ3n) is 3.74. The van der Waals surface area contributed by atoms with Gasteiger partial charge in [0.25, 0.3) is 5.91 Å². The van der Waals surface area contributed by atoms with Gasteiger partial charge in [0, 0.05) is 36.0 Å². The number of fused-ring (bicyclic) bond motifs is 1. The molecule has 0 spiro atoms. The summed E-state index contributed by atoms with van der Waals surface area (Å²) in [5, 5.41) is 10.7. The maximum atomic E-state index is 12.5. The molecule has 2 heterocycles. The summed E-state index contributed by atoms with van der Waals surface area (Å²) >= 11 is 3.43. The summed E-state index contributed by atoms with van der Waals surface area (Å²) in [6, 6.07) is 5.17. The Balaban J connectivity index is 1.92. The van der Waals surface area contributed by atoms with Gasteiger partial charge in [-0.3, -0.25) is 4.79 Å². The van der Waals surface area contributed by atoms with Gasteiger partial charge < -0.3 is 19.9 Å². The molecule has 0 bridgehead atoms. The predicted molar refractivity (Wildman–Crippen MR) is 81.1 cm³/mol. The van der Waals surface area contributed by atoms with E-state index in [4.69, 9.17) is 0 Å². The number of nitrogens with zero attached hydrogens (tertiary/aromatic N) is 2. The first-order valence-corrected chi connectivity index (χ1v) is 7.33. The zero-order valence-electron chi connectivity index (χ0n) is 11.2. The molecule has 1 aromatic carbocycles. The number of phenolic OH excluding ortho intramolecular Hbond substituents is 1. The van der Waals surface area contributed by atoms with Gasteiger partial charge in [-0.05, 0) is 25.2 Å². The highest BCUT2D eigenvalue weighted by Crippen LogP contribution is 2.31. The Bertz CT molecular complexity index is 621. The zero-order chi connectivity index (χ0) is 14.3. The second-order valence-corrected chi connectivity index (χ2v) is 5.99. The second kappa shape index (κ2) is 5.10. The van der Waals surface area contributed by atoms with Gasteiger partial charge in [-0.1, -0.05) is 15.9 Å². The molecular formula is C14H16BrN3O2. The standard InChI is InChI=1S/C14H16BrN3O2/c1-17-4-6-18(7-5-17)14(20)11-8-9-10(15)2-3-12(19)13(9)16-11/h2-3,8,16,19H,4-7H2,1H3. The molecule has 1 aliphatic heterocycles. The molecule has 106 valence electrons. The number of carbonyl (C=O) groups excluding carboxylic acids is 1. The molecule has 5 nitrogen and oxygen atoms in total. The van der Waals surface area contributed by atoms with Crippen molar-refractivity contribution in [2.75, 3.05) is 33.2 Å². The van der Waals surface area contributed by atoms with E-state index in [1.807, 2.05) is 4.90 Å². The fourth-order valence-electron chi connectivity index (χ4n) is 2.47. The predicted octanol–water partition coefficient (Wildman–Crippen LogP) is 2.02. The summed E-state index contributed by atoms with van der Waals surface area (Å²) in [4.78, 5) is 19.6. The van der Waals surface area contributed by atoms with Crippen LogP contribution in [0.3, 0.4) is 0 Å². The highest BCUT2D eigenvalue weighted by Gasteiger charge is 2.22. The van der Waals surface area contributed by atoms with Gasteiger partial charge in [0.2, 0.25) is 0 Å². The number of piperazine rings is 1. The number of phenols is 1. The Morgan fingerprint density at radius 3 is 2.65 bits per heavy atom. The maximum absolute atomic E-state index is 12.5. The summed E-state index contributed by atoms with van der Waals surface area (Å²) in [6.45, 7) is 3.25. The molecule has 1 saturated heterocycles. The van der Waals surface area contributed by atoms with Crippen molar-refractivity contribution in [1.82, 2.24) is 14.8 Å². The number of aromatic amines is 1. The van der Waals surface area contributed by atoms with Crippen molar-refractivity contribution in [2.24, 2.45) is 0 Å². The highest BCUT2D eigenvalue weighted by atomic mass is 79.9. The number of benzene rings is 1. The molecule has 1 aliphatic rings. The number of carbonyl (C=O) groups is 1. The first kappa shape index (κ1) is 13.5. The molecule has 0 saturated carbocycles. The number of likely N-dealkylation sites (N-methyl/N-ethyl adjacent to an activating group) is 1. The van der Waals surface area contributed by atoms with Crippen LogP contribution in [0.1, 0.15) is 10.5 Å². The van der Waals surface area contributed by atoms with E-state index in [2.05, 4.69) is 32.9 Å². The Hall–Kier alpha value is -1.53. The normalized spacial score (nSPS) is 16.8. The smallest absolute Gasteiger partial charge is 0.270 e. The van der Waals surface area contributed by atoms with Crippen LogP contribution in [0, 0.1) is 0 Å². The Morgan fingerprint density at radius 2 is 2.00 bits per heavy atom. The molecule has 6 heteroatoms. The van der Waals surface area contributed by atoms with Gasteiger partial charge in [-0.15, -0.1) is 0 Å². The minimum absolute atomic E-state index is 0.0133. The third-order valence-corrected chi connectivity index (χ3v) is 4.43. The Kier molecular flexibility index (Phi) is 3.43. The minimum atomic E-state index is -0.0133. The Labute approximate surface area is 125 Å². The maximum Gasteiger partial charge on any atom is 0.270 e. The SMILES string of the molecule is CN1CCN(C(=O)c2cc3c(Br)ccc(O)c3[nH]2)CC1. The quantitative estimate of drug-likeness (QED) is 0.836. The number of nitrogens with one attached hydrogen (secondary N) is 1. The van der Waals surface area contributed by atoms with Gasteiger partial charge in [0.05, 0.1) is 5.52 Å². The molecule has 1 amide bonds. The van der Waals surface area contributed by atoms with Crippen LogP contribution in [-0.4, -0.2) is 59.0 Å². The lowest BCUT2D eigenvalue weighted by atomic mass is 10.2. The average Bonchev–Trinajstić information content (AvgIpc) is 2.89. The van der Waals surface area contributed by atoms with Crippen LogP contribution in [0.25, 0.3) is 10.9 Å². The van der Waals surface area contributed by atoms with E-state index in [1.54, 1.807) is 18.2 Å². The van der Waals surface area contributed by atoms with Crippen molar-refractivity contribution in [3.05, 3.63) is 28.4 Å². The summed E-state index contributed by atoms with van der Waals surface area (Å²) in [5.41, 5.74) is 1.11. The van der Waals surface area contributed by atoms with E-state index in [0.29, 0.717) is 11.2 Å². The summed E-state index contributed by atoms with van der Waals surface area (Å²) in [6.07, 6.45) is 0. The van der Waals surface area contributed by atoms with Crippen molar-refractivity contribution in [3.8, 4) is 5.75 Å². The molecule has 0 unspecified atom stereocenters. The van der Waals surface area contributed by atoms with Crippen LogP contribution < -0.4 is 0 Å². The van der Waals surface area contributed by atoms with Gasteiger partial charge >= 0.3 is 0 Å². The van der Waals surface area contributed by atoms with E-state index < -0.39 is 0 Å². The largest absolute Gasteiger partial charge is 0.506 e. The van der Waals surface area contributed by atoms with Crippen molar-refractivity contribution < 1.29 is 9.90 Å². The van der Waals surface area contributed by atoms with E-state index in [9.17, 15) is 9.90 Å².